The van der Waals surface area contributed by atoms with Crippen molar-refractivity contribution in [2.75, 3.05) is 11.9 Å². The number of nitro groups is 1. The fourth-order valence-corrected chi connectivity index (χ4v) is 2.50. The Bertz CT molecular complexity index is 734. The maximum atomic E-state index is 11.9. The Morgan fingerprint density at radius 3 is 2.36 bits per heavy atom. The lowest BCUT2D eigenvalue weighted by molar-refractivity contribution is -0.384. The van der Waals surface area contributed by atoms with E-state index < -0.39 is 23.0 Å². The zero-order chi connectivity index (χ0) is 18.4. The van der Waals surface area contributed by atoms with Crippen molar-refractivity contribution in [1.82, 2.24) is 0 Å². The fraction of sp³-hybridized carbons (Fsp3) is 0.235. The van der Waals surface area contributed by atoms with E-state index in [1.165, 1.54) is 24.3 Å². The molecule has 0 saturated heterocycles. The molecule has 25 heavy (non-hydrogen) atoms. The van der Waals surface area contributed by atoms with Gasteiger partial charge in [0, 0.05) is 22.3 Å². The second-order valence-electron chi connectivity index (χ2n) is 5.17. The van der Waals surface area contributed by atoms with Gasteiger partial charge in [-0.1, -0.05) is 28.1 Å². The molecule has 2 aromatic carbocycles. The van der Waals surface area contributed by atoms with Crippen LogP contribution in [0.2, 0.25) is 0 Å². The summed E-state index contributed by atoms with van der Waals surface area (Å²) < 4.78 is 5.77. The van der Waals surface area contributed by atoms with Crippen molar-refractivity contribution in [3.8, 4) is 0 Å². The molecule has 2 aromatic rings. The van der Waals surface area contributed by atoms with Gasteiger partial charge in [-0.25, -0.2) is 4.79 Å². The first-order chi connectivity index (χ1) is 11.9. The van der Waals surface area contributed by atoms with Crippen molar-refractivity contribution in [3.05, 3.63) is 68.7 Å². The molecule has 7 nitrogen and oxygen atoms in total. The number of anilines is 1. The zero-order valence-corrected chi connectivity index (χ0v) is 15.0. The van der Waals surface area contributed by atoms with Crippen LogP contribution in [0.1, 0.15) is 18.5 Å². The second kappa shape index (κ2) is 8.59. The van der Waals surface area contributed by atoms with Gasteiger partial charge in [0.2, 0.25) is 0 Å². The molecule has 0 amide bonds. The Kier molecular flexibility index (Phi) is 6.49. The van der Waals surface area contributed by atoms with Crippen LogP contribution in [0.25, 0.3) is 0 Å². The molecule has 0 fully saturated rings. The number of carbonyl (C=O) groups is 1. The molecule has 0 aliphatic heterocycles. The Labute approximate surface area is 152 Å². The zero-order valence-electron chi connectivity index (χ0n) is 13.4. The summed E-state index contributed by atoms with van der Waals surface area (Å²) in [6, 6.07) is 12.0. The molecule has 2 rings (SSSR count). The van der Waals surface area contributed by atoms with Crippen molar-refractivity contribution >= 4 is 33.3 Å². The minimum atomic E-state index is -1.47. The van der Waals surface area contributed by atoms with Crippen LogP contribution in [0, 0.1) is 10.1 Å². The number of hydrogen-bond acceptors (Lipinski definition) is 6. The van der Waals surface area contributed by atoms with Crippen LogP contribution < -0.4 is 5.32 Å². The van der Waals surface area contributed by atoms with E-state index in [1.807, 2.05) is 12.1 Å². The van der Waals surface area contributed by atoms with E-state index in [1.54, 1.807) is 19.1 Å². The number of halogens is 1. The van der Waals surface area contributed by atoms with Gasteiger partial charge in [-0.05, 0) is 36.8 Å². The van der Waals surface area contributed by atoms with Crippen molar-refractivity contribution in [2.45, 2.75) is 19.1 Å². The quantitative estimate of drug-likeness (QED) is 0.413. The third-order valence-electron chi connectivity index (χ3n) is 3.47. The van der Waals surface area contributed by atoms with E-state index in [-0.39, 0.29) is 12.3 Å². The third kappa shape index (κ3) is 5.01. The molecule has 0 aliphatic carbocycles. The Morgan fingerprint density at radius 1 is 1.24 bits per heavy atom. The second-order valence-corrected chi connectivity index (χ2v) is 6.09. The molecular weight excluding hydrogens is 392 g/mol. The van der Waals surface area contributed by atoms with Gasteiger partial charge < -0.3 is 15.2 Å². The number of aliphatic hydroxyl groups is 1. The van der Waals surface area contributed by atoms with Crippen molar-refractivity contribution in [1.29, 1.82) is 0 Å². The lowest BCUT2D eigenvalue weighted by Gasteiger charge is -2.24. The first kappa shape index (κ1) is 18.9. The van der Waals surface area contributed by atoms with Gasteiger partial charge in [0.05, 0.1) is 17.6 Å². The first-order valence-electron chi connectivity index (χ1n) is 7.53. The molecule has 0 aromatic heterocycles. The Balaban J connectivity index is 2.31. The molecule has 0 spiro atoms. The highest BCUT2D eigenvalue weighted by Gasteiger charge is 2.29. The van der Waals surface area contributed by atoms with E-state index >= 15 is 0 Å². The Hall–Kier alpha value is -2.45. The number of nitro benzene ring substituents is 1. The molecule has 0 aliphatic rings. The average molecular weight is 409 g/mol. The lowest BCUT2D eigenvalue weighted by atomic mass is 10.0. The molecule has 0 heterocycles. The molecular formula is C17H17BrN2O5. The van der Waals surface area contributed by atoms with Crippen LogP contribution in [0.15, 0.2) is 53.0 Å². The van der Waals surface area contributed by atoms with E-state index in [0.29, 0.717) is 11.3 Å². The number of ether oxygens (including phenoxy) is 1. The van der Waals surface area contributed by atoms with E-state index in [2.05, 4.69) is 21.2 Å². The number of benzene rings is 2. The normalized spacial score (nSPS) is 12.9. The van der Waals surface area contributed by atoms with Crippen LogP contribution in [0.4, 0.5) is 11.4 Å². The number of nitrogens with zero attached hydrogens (tertiary/aromatic N) is 1. The molecule has 0 radical (unpaired) electrons. The van der Waals surface area contributed by atoms with Gasteiger partial charge in [-0.3, -0.25) is 10.1 Å². The van der Waals surface area contributed by atoms with Gasteiger partial charge in [0.1, 0.15) is 0 Å². The standard InChI is InChI=1S/C17H17BrN2O5/c1-2-25-17(22)16(21)15(19-13-7-5-12(18)6-8-13)11-3-9-14(10-4-11)20(23)24/h3-10,15-16,19,21H,2H2,1H3/t15-,16+/m0/s1. The van der Waals surface area contributed by atoms with Crippen molar-refractivity contribution in [2.24, 2.45) is 0 Å². The van der Waals surface area contributed by atoms with Gasteiger partial charge in [-0.15, -0.1) is 0 Å². The third-order valence-corrected chi connectivity index (χ3v) is 4.00. The molecule has 2 N–H and O–H groups in total. The maximum absolute atomic E-state index is 11.9. The highest BCUT2D eigenvalue weighted by Crippen LogP contribution is 2.26. The highest BCUT2D eigenvalue weighted by molar-refractivity contribution is 9.10. The number of hydrogen-bond donors (Lipinski definition) is 2. The van der Waals surface area contributed by atoms with Gasteiger partial charge in [-0.2, -0.15) is 0 Å². The number of esters is 1. The topological polar surface area (TPSA) is 102 Å². The number of non-ortho nitro benzene ring substituents is 1. The number of nitrogens with one attached hydrogen (secondary N) is 1. The molecule has 2 atom stereocenters. The average Bonchev–Trinajstić information content (AvgIpc) is 2.61. The van der Waals surface area contributed by atoms with Crippen molar-refractivity contribution in [3.63, 3.8) is 0 Å². The first-order valence-corrected chi connectivity index (χ1v) is 8.33. The smallest absolute Gasteiger partial charge is 0.337 e. The van der Waals surface area contributed by atoms with E-state index in [9.17, 15) is 20.0 Å². The largest absolute Gasteiger partial charge is 0.464 e. The van der Waals surface area contributed by atoms with Crippen LogP contribution in [0.5, 0.6) is 0 Å². The predicted molar refractivity (Wildman–Crippen MR) is 96.2 cm³/mol. The summed E-state index contributed by atoms with van der Waals surface area (Å²) in [5, 5.41) is 24.2. The predicted octanol–water partition coefficient (Wildman–Crippen LogP) is 3.43. The molecule has 0 unspecified atom stereocenters. The number of rotatable bonds is 7. The van der Waals surface area contributed by atoms with Crippen LogP contribution >= 0.6 is 15.9 Å². The Morgan fingerprint density at radius 2 is 1.84 bits per heavy atom. The summed E-state index contributed by atoms with van der Waals surface area (Å²) >= 11 is 3.34. The van der Waals surface area contributed by atoms with Gasteiger partial charge >= 0.3 is 5.97 Å². The van der Waals surface area contributed by atoms with Crippen LogP contribution in [-0.4, -0.2) is 28.7 Å². The van der Waals surface area contributed by atoms with Crippen LogP contribution in [0.3, 0.4) is 0 Å². The van der Waals surface area contributed by atoms with Gasteiger partial charge in [0.25, 0.3) is 5.69 Å². The molecule has 0 saturated carbocycles. The summed E-state index contributed by atoms with van der Waals surface area (Å²) in [6.45, 7) is 1.79. The summed E-state index contributed by atoms with van der Waals surface area (Å²) in [5.74, 6) is -0.768. The molecule has 8 heteroatoms. The van der Waals surface area contributed by atoms with Crippen molar-refractivity contribution < 1.29 is 19.6 Å². The highest BCUT2D eigenvalue weighted by atomic mass is 79.9. The van der Waals surface area contributed by atoms with E-state index in [0.717, 1.165) is 4.47 Å². The summed E-state index contributed by atoms with van der Waals surface area (Å²) in [5.41, 5.74) is 1.13. The number of aliphatic hydroxyl groups excluding tert-OH is 1. The van der Waals surface area contributed by atoms with Gasteiger partial charge in [0.15, 0.2) is 6.10 Å². The monoisotopic (exact) mass is 408 g/mol. The number of carbonyl (C=O) groups excluding carboxylic acids is 1. The lowest BCUT2D eigenvalue weighted by Crippen LogP contribution is -2.34. The fourth-order valence-electron chi connectivity index (χ4n) is 2.24. The van der Waals surface area contributed by atoms with Crippen LogP contribution in [-0.2, 0) is 9.53 Å². The summed E-state index contributed by atoms with van der Waals surface area (Å²) in [7, 11) is 0. The SMILES string of the molecule is CCOC(=O)[C@H](O)[C@@H](Nc1ccc(Br)cc1)c1ccc([N+](=O)[O-])cc1. The maximum Gasteiger partial charge on any atom is 0.337 e. The summed E-state index contributed by atoms with van der Waals surface area (Å²) in [6.07, 6.45) is -1.47. The summed E-state index contributed by atoms with van der Waals surface area (Å²) in [4.78, 5) is 22.2. The van der Waals surface area contributed by atoms with E-state index in [4.69, 9.17) is 4.74 Å². The minimum Gasteiger partial charge on any atom is -0.464 e. The molecule has 132 valence electrons. The minimum absolute atomic E-state index is 0.0724. The molecule has 0 bridgehead atoms.